The first-order valence-electron chi connectivity index (χ1n) is 9.68. The van der Waals surface area contributed by atoms with Crippen LogP contribution in [-0.2, 0) is 4.79 Å². The van der Waals surface area contributed by atoms with Gasteiger partial charge in [0.2, 0.25) is 0 Å². The van der Waals surface area contributed by atoms with Crippen LogP contribution < -0.4 is 4.74 Å². The molecule has 0 saturated carbocycles. The first-order chi connectivity index (χ1) is 13.4. The largest absolute Gasteiger partial charge is 0.489 e. The smallest absolute Gasteiger partial charge is 0.308 e. The second kappa shape index (κ2) is 8.46. The zero-order valence-electron chi connectivity index (χ0n) is 16.5. The first-order valence-corrected chi connectivity index (χ1v) is 9.68. The highest BCUT2D eigenvalue weighted by Gasteiger charge is 2.35. The van der Waals surface area contributed by atoms with Crippen molar-refractivity contribution in [3.8, 4) is 11.4 Å². The molecule has 1 aromatic carbocycles. The Morgan fingerprint density at radius 1 is 1.25 bits per heavy atom. The van der Waals surface area contributed by atoms with Crippen LogP contribution >= 0.6 is 0 Å². The van der Waals surface area contributed by atoms with Gasteiger partial charge in [0, 0.05) is 12.6 Å². The molecule has 28 heavy (non-hydrogen) atoms. The summed E-state index contributed by atoms with van der Waals surface area (Å²) in [6, 6.07) is 9.48. The summed E-state index contributed by atoms with van der Waals surface area (Å²) in [7, 11) is 0. The first kappa shape index (κ1) is 19.9. The third kappa shape index (κ3) is 4.35. The van der Waals surface area contributed by atoms with E-state index in [1.54, 1.807) is 15.8 Å². The van der Waals surface area contributed by atoms with Gasteiger partial charge in [-0.3, -0.25) is 9.59 Å². The molecule has 2 aromatic rings. The van der Waals surface area contributed by atoms with Crippen molar-refractivity contribution in [1.82, 2.24) is 14.7 Å². The van der Waals surface area contributed by atoms with Crippen LogP contribution in [0, 0.1) is 11.8 Å². The minimum Gasteiger partial charge on any atom is -0.489 e. The number of hydrogen-bond acceptors (Lipinski definition) is 4. The van der Waals surface area contributed by atoms with Crippen LogP contribution in [0.25, 0.3) is 5.69 Å². The van der Waals surface area contributed by atoms with Gasteiger partial charge in [0.05, 0.1) is 24.4 Å². The van der Waals surface area contributed by atoms with E-state index in [1.807, 2.05) is 51.1 Å². The molecule has 1 N–H and O–H groups in total. The lowest BCUT2D eigenvalue weighted by molar-refractivity contribution is -0.143. The molecule has 2 atom stereocenters. The van der Waals surface area contributed by atoms with E-state index in [0.717, 1.165) is 5.69 Å². The summed E-state index contributed by atoms with van der Waals surface area (Å²) < 4.78 is 7.51. The number of nitrogens with zero attached hydrogens (tertiary/aromatic N) is 3. The highest BCUT2D eigenvalue weighted by Crippen LogP contribution is 2.27. The average Bonchev–Trinajstić information content (AvgIpc) is 3.11. The molecule has 7 heteroatoms. The number of likely N-dealkylation sites (tertiary alicyclic amines) is 1. The molecule has 1 fully saturated rings. The van der Waals surface area contributed by atoms with Crippen LogP contribution in [-0.4, -0.2) is 50.9 Å². The van der Waals surface area contributed by atoms with E-state index < -0.39 is 11.9 Å². The Balaban J connectivity index is 1.92. The van der Waals surface area contributed by atoms with Gasteiger partial charge in [-0.05, 0) is 37.8 Å². The summed E-state index contributed by atoms with van der Waals surface area (Å²) in [5.41, 5.74) is 1.05. The fourth-order valence-electron chi connectivity index (χ4n) is 3.31. The van der Waals surface area contributed by atoms with Crippen LogP contribution in [0.5, 0.6) is 5.75 Å². The molecule has 3 rings (SSSR count). The van der Waals surface area contributed by atoms with Crippen molar-refractivity contribution in [2.45, 2.75) is 39.7 Å². The van der Waals surface area contributed by atoms with Gasteiger partial charge in [-0.1, -0.05) is 32.0 Å². The quantitative estimate of drug-likeness (QED) is 0.825. The Kier molecular flexibility index (Phi) is 6.02. The van der Waals surface area contributed by atoms with Crippen molar-refractivity contribution in [2.24, 2.45) is 11.8 Å². The zero-order chi connectivity index (χ0) is 20.3. The van der Waals surface area contributed by atoms with Gasteiger partial charge in [0.1, 0.15) is 0 Å². The van der Waals surface area contributed by atoms with Gasteiger partial charge >= 0.3 is 5.97 Å². The standard InChI is InChI=1S/C21H27N3O4/c1-14(2)13-28-18-12-24(17-7-5-4-6-8-17)22-19(18)20(25)23-11-16(21(26)27)10-9-15(23)3/h4-8,12,14-16H,9-11,13H2,1-3H3,(H,26,27). The second-order valence-corrected chi connectivity index (χ2v) is 7.75. The van der Waals surface area contributed by atoms with Gasteiger partial charge in [-0.15, -0.1) is 0 Å². The number of carboxylic acid groups (broad SMARTS) is 1. The normalized spacial score (nSPS) is 19.6. The van der Waals surface area contributed by atoms with Gasteiger partial charge in [0.25, 0.3) is 5.91 Å². The highest BCUT2D eigenvalue weighted by atomic mass is 16.5. The van der Waals surface area contributed by atoms with Gasteiger partial charge < -0.3 is 14.7 Å². The van der Waals surface area contributed by atoms with Crippen molar-refractivity contribution in [3.05, 3.63) is 42.2 Å². The fraction of sp³-hybridized carbons (Fsp3) is 0.476. The molecule has 1 aromatic heterocycles. The molecule has 150 valence electrons. The van der Waals surface area contributed by atoms with E-state index in [0.29, 0.717) is 31.1 Å². The Morgan fingerprint density at radius 3 is 2.61 bits per heavy atom. The van der Waals surface area contributed by atoms with E-state index in [9.17, 15) is 14.7 Å². The number of carboxylic acids is 1. The van der Waals surface area contributed by atoms with Crippen LogP contribution in [0.2, 0.25) is 0 Å². The molecule has 1 aliphatic heterocycles. The minimum atomic E-state index is -0.865. The number of hydrogen-bond donors (Lipinski definition) is 1. The number of carbonyl (C=O) groups is 2. The fourth-order valence-corrected chi connectivity index (χ4v) is 3.31. The van der Waals surface area contributed by atoms with Crippen LogP contribution in [0.3, 0.4) is 0 Å². The van der Waals surface area contributed by atoms with Crippen LogP contribution in [0.1, 0.15) is 44.1 Å². The topological polar surface area (TPSA) is 84.7 Å². The van der Waals surface area contributed by atoms with Crippen molar-refractivity contribution in [1.29, 1.82) is 0 Å². The lowest BCUT2D eigenvalue weighted by Gasteiger charge is -2.36. The number of aliphatic carboxylic acids is 1. The molecule has 7 nitrogen and oxygen atoms in total. The maximum atomic E-state index is 13.3. The Bertz CT molecular complexity index is 831. The molecule has 2 heterocycles. The monoisotopic (exact) mass is 385 g/mol. The molecule has 1 saturated heterocycles. The molecule has 0 spiro atoms. The van der Waals surface area contributed by atoms with Gasteiger partial charge in [0.15, 0.2) is 11.4 Å². The summed E-state index contributed by atoms with van der Waals surface area (Å²) >= 11 is 0. The van der Waals surface area contributed by atoms with Crippen LogP contribution in [0.15, 0.2) is 36.5 Å². The highest BCUT2D eigenvalue weighted by molar-refractivity contribution is 5.95. The lowest BCUT2D eigenvalue weighted by atomic mass is 9.93. The predicted molar refractivity (Wildman–Crippen MR) is 105 cm³/mol. The summed E-state index contributed by atoms with van der Waals surface area (Å²) in [6.07, 6.45) is 2.95. The Morgan fingerprint density at radius 2 is 1.96 bits per heavy atom. The molecular formula is C21H27N3O4. The third-order valence-electron chi connectivity index (χ3n) is 4.97. The molecule has 0 radical (unpaired) electrons. The molecular weight excluding hydrogens is 358 g/mol. The Labute approximate surface area is 164 Å². The number of aromatic nitrogens is 2. The van der Waals surface area contributed by atoms with E-state index in [-0.39, 0.29) is 24.2 Å². The van der Waals surface area contributed by atoms with Crippen molar-refractivity contribution in [2.75, 3.05) is 13.2 Å². The predicted octanol–water partition coefficient (Wildman–Crippen LogP) is 3.23. The Hall–Kier alpha value is -2.83. The number of benzene rings is 1. The van der Waals surface area contributed by atoms with Gasteiger partial charge in [-0.25, -0.2) is 4.68 Å². The second-order valence-electron chi connectivity index (χ2n) is 7.75. The molecule has 0 bridgehead atoms. The zero-order valence-corrected chi connectivity index (χ0v) is 16.5. The molecule has 2 unspecified atom stereocenters. The van der Waals surface area contributed by atoms with E-state index in [4.69, 9.17) is 4.74 Å². The third-order valence-corrected chi connectivity index (χ3v) is 4.97. The number of rotatable bonds is 6. The number of amides is 1. The summed E-state index contributed by atoms with van der Waals surface area (Å²) in [5.74, 6) is -0.973. The van der Waals surface area contributed by atoms with Gasteiger partial charge in [-0.2, -0.15) is 5.10 Å². The van der Waals surface area contributed by atoms with E-state index in [1.165, 1.54) is 0 Å². The summed E-state index contributed by atoms with van der Waals surface area (Å²) in [4.78, 5) is 26.3. The number of piperidine rings is 1. The minimum absolute atomic E-state index is 0.0390. The number of carbonyl (C=O) groups excluding carboxylic acids is 1. The maximum absolute atomic E-state index is 13.3. The summed E-state index contributed by atoms with van der Waals surface area (Å²) in [6.45, 7) is 6.67. The molecule has 1 aliphatic rings. The maximum Gasteiger partial charge on any atom is 0.308 e. The molecule has 1 amide bonds. The van der Waals surface area contributed by atoms with E-state index >= 15 is 0 Å². The van der Waals surface area contributed by atoms with Crippen molar-refractivity contribution in [3.63, 3.8) is 0 Å². The van der Waals surface area contributed by atoms with Crippen LogP contribution in [0.4, 0.5) is 0 Å². The SMILES string of the molecule is CC(C)COc1cn(-c2ccccc2)nc1C(=O)N1CC(C(=O)O)CCC1C. The molecule has 0 aliphatic carbocycles. The van der Waals surface area contributed by atoms with Crippen molar-refractivity contribution < 1.29 is 19.4 Å². The van der Waals surface area contributed by atoms with Crippen molar-refractivity contribution >= 4 is 11.9 Å². The lowest BCUT2D eigenvalue weighted by Crippen LogP contribution is -2.47. The number of ether oxygens (including phenoxy) is 1. The van der Waals surface area contributed by atoms with E-state index in [2.05, 4.69) is 5.10 Å². The number of para-hydroxylation sites is 1. The summed E-state index contributed by atoms with van der Waals surface area (Å²) in [5, 5.41) is 13.9. The average molecular weight is 385 g/mol.